The maximum Gasteiger partial charge on any atom is 0.201 e. The first-order chi connectivity index (χ1) is 11.8. The fourth-order valence-electron chi connectivity index (χ4n) is 2.16. The van der Waals surface area contributed by atoms with E-state index >= 15 is 0 Å². The fraction of sp³-hybridized carbons (Fsp3) is 0.0500. The van der Waals surface area contributed by atoms with Gasteiger partial charge in [-0.1, -0.05) is 60.2 Å². The van der Waals surface area contributed by atoms with Gasteiger partial charge in [-0.15, -0.1) is 10.2 Å². The minimum Gasteiger partial charge on any atom is -0.276 e. The zero-order valence-electron chi connectivity index (χ0n) is 13.4. The van der Waals surface area contributed by atoms with E-state index in [1.807, 2.05) is 91.9 Å². The van der Waals surface area contributed by atoms with Crippen LogP contribution in [0.1, 0.15) is 11.1 Å². The minimum absolute atomic E-state index is 0.534. The van der Waals surface area contributed by atoms with E-state index in [9.17, 15) is 0 Å². The highest BCUT2D eigenvalue weighted by Crippen LogP contribution is 2.14. The van der Waals surface area contributed by atoms with Gasteiger partial charge in [-0.05, 0) is 37.3 Å². The summed E-state index contributed by atoms with van der Waals surface area (Å²) in [5.74, 6) is 0.534. The average molecular weight is 314 g/mol. The van der Waals surface area contributed by atoms with Gasteiger partial charge in [0.05, 0.1) is 11.4 Å². The number of anilines is 1. The molecule has 0 heterocycles. The van der Waals surface area contributed by atoms with Crippen LogP contribution in [0.25, 0.3) is 0 Å². The molecule has 0 atom stereocenters. The molecule has 3 rings (SSSR count). The van der Waals surface area contributed by atoms with Gasteiger partial charge in [-0.25, -0.2) is 0 Å². The van der Waals surface area contributed by atoms with Gasteiger partial charge in [0.1, 0.15) is 0 Å². The van der Waals surface area contributed by atoms with Crippen molar-refractivity contribution in [2.75, 3.05) is 5.43 Å². The third-order valence-electron chi connectivity index (χ3n) is 3.36. The Labute approximate surface area is 141 Å². The Hall–Kier alpha value is -3.27. The third kappa shape index (κ3) is 4.36. The lowest BCUT2D eigenvalue weighted by Gasteiger charge is -2.04. The second kappa shape index (κ2) is 7.83. The van der Waals surface area contributed by atoms with Crippen molar-refractivity contribution in [3.8, 4) is 0 Å². The van der Waals surface area contributed by atoms with Crippen LogP contribution in [0.2, 0.25) is 0 Å². The van der Waals surface area contributed by atoms with Crippen LogP contribution in [-0.4, -0.2) is 5.84 Å². The normalized spacial score (nSPS) is 11.6. The highest BCUT2D eigenvalue weighted by molar-refractivity contribution is 5.99. The van der Waals surface area contributed by atoms with Gasteiger partial charge in [0.25, 0.3) is 0 Å². The molecule has 0 fully saturated rings. The molecule has 0 aliphatic heterocycles. The maximum absolute atomic E-state index is 4.43. The Morgan fingerprint density at radius 2 is 1.50 bits per heavy atom. The van der Waals surface area contributed by atoms with Gasteiger partial charge in [0, 0.05) is 5.56 Å². The second-order valence-corrected chi connectivity index (χ2v) is 5.32. The standard InChI is InChI=1S/C20H18N4/c1-16-9-8-10-17(15-16)20(23-21-18-11-4-2-5-12-18)24-22-19-13-6-3-7-14-19/h2-15,21H,1H3/b23-20+,24-22?. The zero-order valence-corrected chi connectivity index (χ0v) is 13.4. The van der Waals surface area contributed by atoms with E-state index in [1.165, 1.54) is 0 Å². The largest absolute Gasteiger partial charge is 0.276 e. The highest BCUT2D eigenvalue weighted by atomic mass is 15.3. The van der Waals surface area contributed by atoms with Crippen molar-refractivity contribution in [1.29, 1.82) is 0 Å². The number of aryl methyl sites for hydroxylation is 1. The number of azo groups is 1. The summed E-state index contributed by atoms with van der Waals surface area (Å²) in [4.78, 5) is 0. The molecule has 0 spiro atoms. The summed E-state index contributed by atoms with van der Waals surface area (Å²) in [6.07, 6.45) is 0. The second-order valence-electron chi connectivity index (χ2n) is 5.32. The lowest BCUT2D eigenvalue weighted by Crippen LogP contribution is -2.01. The number of hydrazone groups is 1. The molecule has 24 heavy (non-hydrogen) atoms. The number of hydrogen-bond donors (Lipinski definition) is 1. The van der Waals surface area contributed by atoms with Gasteiger partial charge in [-0.3, -0.25) is 5.43 Å². The van der Waals surface area contributed by atoms with Crippen LogP contribution < -0.4 is 5.43 Å². The van der Waals surface area contributed by atoms with Crippen LogP contribution in [0.3, 0.4) is 0 Å². The van der Waals surface area contributed by atoms with Crippen LogP contribution >= 0.6 is 0 Å². The molecule has 0 saturated heterocycles. The van der Waals surface area contributed by atoms with E-state index in [0.717, 1.165) is 22.5 Å². The number of hydrogen-bond acceptors (Lipinski definition) is 3. The van der Waals surface area contributed by atoms with Gasteiger partial charge < -0.3 is 0 Å². The van der Waals surface area contributed by atoms with E-state index in [1.54, 1.807) is 0 Å². The first-order valence-corrected chi connectivity index (χ1v) is 7.74. The molecule has 0 unspecified atom stereocenters. The Kier molecular flexibility index (Phi) is 5.10. The van der Waals surface area contributed by atoms with Gasteiger partial charge >= 0.3 is 0 Å². The molecule has 0 radical (unpaired) electrons. The molecule has 3 aromatic rings. The number of nitrogens with one attached hydrogen (secondary N) is 1. The lowest BCUT2D eigenvalue weighted by atomic mass is 10.1. The summed E-state index contributed by atoms with van der Waals surface area (Å²) in [7, 11) is 0. The van der Waals surface area contributed by atoms with Crippen molar-refractivity contribution in [3.63, 3.8) is 0 Å². The van der Waals surface area contributed by atoms with Crippen LogP contribution in [0.5, 0.6) is 0 Å². The molecule has 3 aromatic carbocycles. The van der Waals surface area contributed by atoms with E-state index in [-0.39, 0.29) is 0 Å². The Morgan fingerprint density at radius 3 is 2.21 bits per heavy atom. The summed E-state index contributed by atoms with van der Waals surface area (Å²) in [6, 6.07) is 27.4. The number of rotatable bonds is 4. The third-order valence-corrected chi connectivity index (χ3v) is 3.36. The number of nitrogens with zero attached hydrogens (tertiary/aromatic N) is 3. The zero-order chi connectivity index (χ0) is 16.6. The van der Waals surface area contributed by atoms with Crippen molar-refractivity contribution < 1.29 is 0 Å². The van der Waals surface area contributed by atoms with Crippen molar-refractivity contribution in [2.45, 2.75) is 6.92 Å². The smallest absolute Gasteiger partial charge is 0.201 e. The average Bonchev–Trinajstić information content (AvgIpc) is 2.63. The highest BCUT2D eigenvalue weighted by Gasteiger charge is 2.03. The molecule has 0 bridgehead atoms. The predicted octanol–water partition coefficient (Wildman–Crippen LogP) is 5.55. The van der Waals surface area contributed by atoms with E-state index < -0.39 is 0 Å². The van der Waals surface area contributed by atoms with Crippen LogP contribution in [0.15, 0.2) is 100 Å². The van der Waals surface area contributed by atoms with Crippen molar-refractivity contribution >= 4 is 17.2 Å². The number of para-hydroxylation sites is 1. The first kappa shape index (κ1) is 15.6. The summed E-state index contributed by atoms with van der Waals surface area (Å²) >= 11 is 0. The Morgan fingerprint density at radius 1 is 0.792 bits per heavy atom. The predicted molar refractivity (Wildman–Crippen MR) is 98.7 cm³/mol. The number of benzene rings is 3. The molecule has 4 heteroatoms. The monoisotopic (exact) mass is 314 g/mol. The first-order valence-electron chi connectivity index (χ1n) is 7.74. The number of amidine groups is 1. The molecular weight excluding hydrogens is 296 g/mol. The topological polar surface area (TPSA) is 49.1 Å². The van der Waals surface area contributed by atoms with Crippen molar-refractivity contribution in [2.24, 2.45) is 15.3 Å². The lowest BCUT2D eigenvalue weighted by molar-refractivity contribution is 1.22. The van der Waals surface area contributed by atoms with Crippen LogP contribution in [0.4, 0.5) is 11.4 Å². The van der Waals surface area contributed by atoms with Gasteiger partial charge in [0.15, 0.2) is 0 Å². The Bertz CT molecular complexity index is 840. The SMILES string of the molecule is Cc1cccc(/C(N=Nc2ccccc2)=N\Nc2ccccc2)c1. The summed E-state index contributed by atoms with van der Waals surface area (Å²) in [6.45, 7) is 2.04. The van der Waals surface area contributed by atoms with E-state index in [2.05, 4.69) is 20.8 Å². The quantitative estimate of drug-likeness (QED) is 0.292. The van der Waals surface area contributed by atoms with E-state index in [4.69, 9.17) is 0 Å². The van der Waals surface area contributed by atoms with Gasteiger partial charge in [0.2, 0.25) is 5.84 Å². The molecule has 0 amide bonds. The molecule has 0 saturated carbocycles. The molecule has 1 N–H and O–H groups in total. The Balaban J connectivity index is 1.90. The maximum atomic E-state index is 4.43. The minimum atomic E-state index is 0.534. The molecule has 4 nitrogen and oxygen atoms in total. The fourth-order valence-corrected chi connectivity index (χ4v) is 2.16. The molecular formula is C20H18N4. The van der Waals surface area contributed by atoms with Crippen LogP contribution in [-0.2, 0) is 0 Å². The molecule has 0 aliphatic carbocycles. The van der Waals surface area contributed by atoms with Gasteiger partial charge in [-0.2, -0.15) is 5.10 Å². The summed E-state index contributed by atoms with van der Waals surface area (Å²) < 4.78 is 0. The summed E-state index contributed by atoms with van der Waals surface area (Å²) in [5, 5.41) is 13.0. The van der Waals surface area contributed by atoms with E-state index in [0.29, 0.717) is 5.84 Å². The molecule has 0 aliphatic rings. The molecule has 118 valence electrons. The molecule has 0 aromatic heterocycles. The summed E-state index contributed by atoms with van der Waals surface area (Å²) in [5.41, 5.74) is 6.79. The van der Waals surface area contributed by atoms with Crippen molar-refractivity contribution in [1.82, 2.24) is 0 Å². The van der Waals surface area contributed by atoms with Crippen LogP contribution in [0, 0.1) is 6.92 Å². The van der Waals surface area contributed by atoms with Crippen molar-refractivity contribution in [3.05, 3.63) is 96.1 Å².